The smallest absolute Gasteiger partial charge is 0.254 e. The molecule has 0 atom stereocenters. The van der Waals surface area contributed by atoms with Gasteiger partial charge >= 0.3 is 0 Å². The van der Waals surface area contributed by atoms with Gasteiger partial charge in [0.2, 0.25) is 0 Å². The zero-order valence-electron chi connectivity index (χ0n) is 10.6. The zero-order valence-corrected chi connectivity index (χ0v) is 10.6. The monoisotopic (exact) mass is 270 g/mol. The molecule has 1 amide bonds. The Morgan fingerprint density at radius 3 is 2.79 bits per heavy atom. The number of hydrogen-bond acceptors (Lipinski definition) is 3. The lowest BCUT2D eigenvalue weighted by molar-refractivity contribution is -0.00865. The average Bonchev–Trinajstić information content (AvgIpc) is 2.31. The molecule has 0 aromatic heterocycles. The molecule has 6 heteroatoms. The van der Waals surface area contributed by atoms with Gasteiger partial charge in [0.1, 0.15) is 5.82 Å². The van der Waals surface area contributed by atoms with Crippen LogP contribution in [-0.4, -0.2) is 24.7 Å². The van der Waals surface area contributed by atoms with E-state index in [2.05, 4.69) is 5.32 Å². The Morgan fingerprint density at radius 1 is 1.47 bits per heavy atom. The van der Waals surface area contributed by atoms with Crippen molar-refractivity contribution in [2.45, 2.75) is 31.9 Å². The number of benzene rings is 1. The highest BCUT2D eigenvalue weighted by atomic mass is 19.1. The lowest BCUT2D eigenvalue weighted by Crippen LogP contribution is -2.48. The second-order valence-electron chi connectivity index (χ2n) is 4.58. The second kappa shape index (κ2) is 5.52. The fourth-order valence-corrected chi connectivity index (χ4v) is 2.09. The number of rotatable bonds is 4. The van der Waals surface area contributed by atoms with Crippen LogP contribution in [0.5, 0.6) is 0 Å². The molecule has 4 nitrogen and oxygen atoms in total. The average molecular weight is 270 g/mol. The Bertz CT molecular complexity index is 488. The number of carbonyl (C=O) groups excluding carboxylic acids is 1. The minimum atomic E-state index is -0.889. The van der Waals surface area contributed by atoms with Crippen LogP contribution in [0.3, 0.4) is 0 Å². The van der Waals surface area contributed by atoms with Gasteiger partial charge in [0.15, 0.2) is 5.82 Å². The van der Waals surface area contributed by atoms with Gasteiger partial charge < -0.3 is 15.8 Å². The van der Waals surface area contributed by atoms with Crippen LogP contribution in [0.25, 0.3) is 0 Å². The molecule has 1 aromatic rings. The van der Waals surface area contributed by atoms with Crippen molar-refractivity contribution in [3.63, 3.8) is 0 Å². The van der Waals surface area contributed by atoms with Crippen molar-refractivity contribution in [1.29, 1.82) is 0 Å². The van der Waals surface area contributed by atoms with Gasteiger partial charge in [0.25, 0.3) is 5.91 Å². The van der Waals surface area contributed by atoms with E-state index in [1.165, 1.54) is 0 Å². The fraction of sp³-hybridized carbons (Fsp3) is 0.462. The molecular formula is C13H16F2N2O2. The predicted octanol–water partition coefficient (Wildman–Crippen LogP) is 1.84. The van der Waals surface area contributed by atoms with Gasteiger partial charge in [0, 0.05) is 12.6 Å². The maximum atomic E-state index is 13.6. The molecule has 0 heterocycles. The lowest BCUT2D eigenvalue weighted by atomic mass is 9.89. The van der Waals surface area contributed by atoms with E-state index in [0.29, 0.717) is 19.4 Å². The highest BCUT2D eigenvalue weighted by Crippen LogP contribution is 2.24. The van der Waals surface area contributed by atoms with Crippen molar-refractivity contribution in [2.75, 3.05) is 12.3 Å². The molecule has 0 aliphatic heterocycles. The molecule has 1 saturated carbocycles. The second-order valence-corrected chi connectivity index (χ2v) is 4.58. The van der Waals surface area contributed by atoms with Crippen LogP contribution >= 0.6 is 0 Å². The number of hydrogen-bond donors (Lipinski definition) is 2. The van der Waals surface area contributed by atoms with Crippen LogP contribution < -0.4 is 11.1 Å². The molecule has 1 aliphatic carbocycles. The molecular weight excluding hydrogens is 254 g/mol. The Kier molecular flexibility index (Phi) is 3.99. The standard InChI is InChI=1S/C13H16F2N2O2/c1-2-19-9-5-8(6-9)17-13(18)10-3-7(14)4-11(16)12(10)15/h3-4,8-9H,2,5-6,16H2,1H3,(H,17,18). The van der Waals surface area contributed by atoms with Crippen molar-refractivity contribution < 1.29 is 18.3 Å². The van der Waals surface area contributed by atoms with E-state index in [0.717, 1.165) is 12.1 Å². The zero-order chi connectivity index (χ0) is 14.0. The normalized spacial score (nSPS) is 21.8. The summed E-state index contributed by atoms with van der Waals surface area (Å²) in [6, 6.07) is 1.63. The van der Waals surface area contributed by atoms with Crippen molar-refractivity contribution >= 4 is 11.6 Å². The van der Waals surface area contributed by atoms with Crippen LogP contribution in [0.4, 0.5) is 14.5 Å². The van der Waals surface area contributed by atoms with Crippen LogP contribution in [0.1, 0.15) is 30.1 Å². The summed E-state index contributed by atoms with van der Waals surface area (Å²) in [6.07, 6.45) is 1.51. The number of amides is 1. The molecule has 0 spiro atoms. The van der Waals surface area contributed by atoms with E-state index >= 15 is 0 Å². The molecule has 0 saturated heterocycles. The summed E-state index contributed by atoms with van der Waals surface area (Å²) in [4.78, 5) is 11.8. The summed E-state index contributed by atoms with van der Waals surface area (Å²) in [7, 11) is 0. The summed E-state index contributed by atoms with van der Waals surface area (Å²) >= 11 is 0. The topological polar surface area (TPSA) is 64.3 Å². The molecule has 0 unspecified atom stereocenters. The number of anilines is 1. The third-order valence-corrected chi connectivity index (χ3v) is 3.14. The third-order valence-electron chi connectivity index (χ3n) is 3.14. The molecule has 104 valence electrons. The first-order valence-electron chi connectivity index (χ1n) is 6.18. The summed E-state index contributed by atoms with van der Waals surface area (Å²) in [6.45, 7) is 2.52. The first-order valence-corrected chi connectivity index (χ1v) is 6.18. The molecule has 0 bridgehead atoms. The fourth-order valence-electron chi connectivity index (χ4n) is 2.09. The van der Waals surface area contributed by atoms with E-state index in [9.17, 15) is 13.6 Å². The van der Waals surface area contributed by atoms with Crippen molar-refractivity contribution in [2.24, 2.45) is 0 Å². The maximum absolute atomic E-state index is 13.6. The Morgan fingerprint density at radius 2 is 2.16 bits per heavy atom. The van der Waals surface area contributed by atoms with Crippen LogP contribution in [0.15, 0.2) is 12.1 Å². The number of nitrogens with one attached hydrogen (secondary N) is 1. The molecule has 1 aliphatic rings. The first-order chi connectivity index (χ1) is 9.01. The van der Waals surface area contributed by atoms with E-state index in [1.807, 2.05) is 6.92 Å². The Labute approximate surface area is 109 Å². The summed E-state index contributed by atoms with van der Waals surface area (Å²) in [5.74, 6) is -2.27. The first kappa shape index (κ1) is 13.7. The van der Waals surface area contributed by atoms with E-state index in [4.69, 9.17) is 10.5 Å². The van der Waals surface area contributed by atoms with Gasteiger partial charge in [-0.25, -0.2) is 8.78 Å². The number of halogens is 2. The maximum Gasteiger partial charge on any atom is 0.254 e. The molecule has 1 aromatic carbocycles. The molecule has 3 N–H and O–H groups in total. The third kappa shape index (κ3) is 3.01. The van der Waals surface area contributed by atoms with Gasteiger partial charge in [0.05, 0.1) is 17.4 Å². The van der Waals surface area contributed by atoms with Gasteiger partial charge in [-0.2, -0.15) is 0 Å². The SMILES string of the molecule is CCOC1CC(NC(=O)c2cc(F)cc(N)c2F)C1. The summed E-state index contributed by atoms with van der Waals surface area (Å²) in [5.41, 5.74) is 4.55. The largest absolute Gasteiger partial charge is 0.396 e. The minimum absolute atomic E-state index is 0.0621. The van der Waals surface area contributed by atoms with Gasteiger partial charge in [-0.3, -0.25) is 4.79 Å². The highest BCUT2D eigenvalue weighted by Gasteiger charge is 2.31. The summed E-state index contributed by atoms with van der Waals surface area (Å²) in [5, 5.41) is 2.64. The Hall–Kier alpha value is -1.69. The van der Waals surface area contributed by atoms with E-state index in [-0.39, 0.29) is 23.4 Å². The lowest BCUT2D eigenvalue weighted by Gasteiger charge is -2.35. The van der Waals surface area contributed by atoms with Gasteiger partial charge in [-0.15, -0.1) is 0 Å². The molecule has 0 radical (unpaired) electrons. The van der Waals surface area contributed by atoms with Crippen LogP contribution in [-0.2, 0) is 4.74 Å². The molecule has 19 heavy (non-hydrogen) atoms. The van der Waals surface area contributed by atoms with Crippen molar-refractivity contribution in [1.82, 2.24) is 5.32 Å². The van der Waals surface area contributed by atoms with E-state index < -0.39 is 17.5 Å². The van der Waals surface area contributed by atoms with Gasteiger partial charge in [-0.05, 0) is 31.9 Å². The summed E-state index contributed by atoms with van der Waals surface area (Å²) < 4.78 is 32.1. The predicted molar refractivity (Wildman–Crippen MR) is 66.7 cm³/mol. The number of nitrogen functional groups attached to an aromatic ring is 1. The minimum Gasteiger partial charge on any atom is -0.396 e. The van der Waals surface area contributed by atoms with Gasteiger partial charge in [-0.1, -0.05) is 0 Å². The van der Waals surface area contributed by atoms with Crippen molar-refractivity contribution in [3.8, 4) is 0 Å². The molecule has 1 fully saturated rings. The number of ether oxygens (including phenoxy) is 1. The van der Waals surface area contributed by atoms with E-state index in [1.54, 1.807) is 0 Å². The van der Waals surface area contributed by atoms with Crippen molar-refractivity contribution in [3.05, 3.63) is 29.3 Å². The molecule has 2 rings (SSSR count). The van der Waals surface area contributed by atoms with Crippen LogP contribution in [0, 0.1) is 11.6 Å². The quantitative estimate of drug-likeness (QED) is 0.821. The Balaban J connectivity index is 1.98. The number of nitrogens with two attached hydrogens (primary N) is 1. The number of carbonyl (C=O) groups is 1. The highest BCUT2D eigenvalue weighted by molar-refractivity contribution is 5.95. The van der Waals surface area contributed by atoms with Crippen LogP contribution in [0.2, 0.25) is 0 Å².